The van der Waals surface area contributed by atoms with Gasteiger partial charge in [0.2, 0.25) is 0 Å². The van der Waals surface area contributed by atoms with E-state index in [0.29, 0.717) is 5.82 Å². The van der Waals surface area contributed by atoms with E-state index in [1.165, 1.54) is 0 Å². The molecule has 0 radical (unpaired) electrons. The highest BCUT2D eigenvalue weighted by Gasteiger charge is 2.08. The van der Waals surface area contributed by atoms with Crippen LogP contribution < -0.4 is 5.32 Å². The van der Waals surface area contributed by atoms with Gasteiger partial charge in [0.1, 0.15) is 5.82 Å². The van der Waals surface area contributed by atoms with Gasteiger partial charge in [-0.1, -0.05) is 18.2 Å². The van der Waals surface area contributed by atoms with E-state index >= 15 is 0 Å². The fourth-order valence-electron chi connectivity index (χ4n) is 2.18. The highest BCUT2D eigenvalue weighted by atomic mass is 15.2. The Morgan fingerprint density at radius 1 is 1.14 bits per heavy atom. The number of hydrogen-bond donors (Lipinski definition) is 2. The van der Waals surface area contributed by atoms with Crippen molar-refractivity contribution in [3.63, 3.8) is 0 Å². The first-order chi connectivity index (χ1) is 10.2. The van der Waals surface area contributed by atoms with Crippen molar-refractivity contribution in [2.75, 3.05) is 5.32 Å². The lowest BCUT2D eigenvalue weighted by atomic mass is 10.1. The van der Waals surface area contributed by atoms with Crippen LogP contribution in [0.2, 0.25) is 0 Å². The van der Waals surface area contributed by atoms with Gasteiger partial charge in [0.05, 0.1) is 11.7 Å². The van der Waals surface area contributed by atoms with Crippen molar-refractivity contribution < 1.29 is 0 Å². The summed E-state index contributed by atoms with van der Waals surface area (Å²) < 4.78 is 0. The molecule has 5 nitrogen and oxygen atoms in total. The van der Waals surface area contributed by atoms with Gasteiger partial charge in [-0.15, -0.1) is 0 Å². The quantitative estimate of drug-likeness (QED) is 0.768. The molecule has 5 heteroatoms. The highest BCUT2D eigenvalue weighted by molar-refractivity contribution is 5.62. The first kappa shape index (κ1) is 13.3. The van der Waals surface area contributed by atoms with Crippen LogP contribution in [0.4, 0.5) is 5.69 Å². The number of nitrogens with one attached hydrogen (secondary N) is 2. The van der Waals surface area contributed by atoms with Crippen molar-refractivity contribution in [3.05, 3.63) is 60.2 Å². The Morgan fingerprint density at radius 3 is 2.76 bits per heavy atom. The van der Waals surface area contributed by atoms with Crippen molar-refractivity contribution in [2.24, 2.45) is 0 Å². The number of benzene rings is 1. The van der Waals surface area contributed by atoms with Crippen molar-refractivity contribution in [3.8, 4) is 11.4 Å². The Bertz CT molecular complexity index is 720. The molecule has 1 unspecified atom stereocenters. The molecule has 0 amide bonds. The number of aromatic nitrogens is 4. The summed E-state index contributed by atoms with van der Waals surface area (Å²) in [5.74, 6) is 1.52. The molecule has 106 valence electrons. The van der Waals surface area contributed by atoms with E-state index in [2.05, 4.69) is 32.4 Å². The average molecular weight is 279 g/mol. The summed E-state index contributed by atoms with van der Waals surface area (Å²) in [5.41, 5.74) is 3.02. The molecule has 0 spiro atoms. The molecule has 1 atom stereocenters. The first-order valence-corrected chi connectivity index (χ1v) is 6.89. The summed E-state index contributed by atoms with van der Waals surface area (Å²) in [7, 11) is 0. The molecule has 2 aromatic heterocycles. The molecule has 21 heavy (non-hydrogen) atoms. The Morgan fingerprint density at radius 2 is 2.05 bits per heavy atom. The topological polar surface area (TPSA) is 66.5 Å². The van der Waals surface area contributed by atoms with Gasteiger partial charge in [-0.2, -0.15) is 5.10 Å². The molecule has 1 aromatic carbocycles. The molecule has 0 saturated carbocycles. The van der Waals surface area contributed by atoms with E-state index in [4.69, 9.17) is 0 Å². The van der Waals surface area contributed by atoms with Crippen molar-refractivity contribution >= 4 is 5.69 Å². The Labute approximate surface area is 123 Å². The third-order valence-electron chi connectivity index (χ3n) is 3.23. The number of nitrogens with zero attached hydrogens (tertiary/aromatic N) is 3. The standard InChI is InChI=1S/C16H17N5/c1-11(15-8-3-4-9-17-15)18-14-7-5-6-13(10-14)16-19-12(2)20-21-16/h3-11,18H,1-2H3,(H,19,20,21). The Hall–Kier alpha value is -2.69. The van der Waals surface area contributed by atoms with Crippen LogP contribution in [0, 0.1) is 6.92 Å². The van der Waals surface area contributed by atoms with Gasteiger partial charge in [-0.05, 0) is 38.1 Å². The maximum atomic E-state index is 4.37. The average Bonchev–Trinajstić information content (AvgIpc) is 2.95. The molecule has 0 aliphatic rings. The van der Waals surface area contributed by atoms with E-state index in [1.54, 1.807) is 6.20 Å². The second-order valence-corrected chi connectivity index (χ2v) is 4.95. The molecule has 3 rings (SSSR count). The second-order valence-electron chi connectivity index (χ2n) is 4.95. The minimum atomic E-state index is 0.135. The normalized spacial score (nSPS) is 12.1. The van der Waals surface area contributed by atoms with Gasteiger partial charge < -0.3 is 5.32 Å². The van der Waals surface area contributed by atoms with E-state index in [0.717, 1.165) is 22.8 Å². The Balaban J connectivity index is 1.80. The summed E-state index contributed by atoms with van der Waals surface area (Å²) in [6, 6.07) is 14.1. The Kier molecular flexibility index (Phi) is 3.64. The molecule has 2 N–H and O–H groups in total. The summed E-state index contributed by atoms with van der Waals surface area (Å²) in [6.45, 7) is 3.98. The summed E-state index contributed by atoms with van der Waals surface area (Å²) in [4.78, 5) is 8.72. The SMILES string of the molecule is Cc1nc(-c2cccc(NC(C)c3ccccn3)c2)n[nH]1. The number of hydrogen-bond acceptors (Lipinski definition) is 4. The molecule has 0 bridgehead atoms. The van der Waals surface area contributed by atoms with Gasteiger partial charge in [0.25, 0.3) is 0 Å². The van der Waals surface area contributed by atoms with Crippen LogP contribution in [0.1, 0.15) is 24.5 Å². The summed E-state index contributed by atoms with van der Waals surface area (Å²) >= 11 is 0. The van der Waals surface area contributed by atoms with Crippen molar-refractivity contribution in [1.29, 1.82) is 0 Å². The number of aryl methyl sites for hydroxylation is 1. The van der Waals surface area contributed by atoms with Crippen LogP contribution in [-0.4, -0.2) is 20.2 Å². The zero-order chi connectivity index (χ0) is 14.7. The van der Waals surface area contributed by atoms with Crippen LogP contribution in [0.3, 0.4) is 0 Å². The zero-order valence-corrected chi connectivity index (χ0v) is 12.0. The smallest absolute Gasteiger partial charge is 0.181 e. The molecule has 0 fully saturated rings. The molecular formula is C16H17N5. The van der Waals surface area contributed by atoms with Gasteiger partial charge in [0, 0.05) is 17.4 Å². The second kappa shape index (κ2) is 5.75. The number of H-pyrrole nitrogens is 1. The number of anilines is 1. The summed E-state index contributed by atoms with van der Waals surface area (Å²) in [5, 5.41) is 10.5. The van der Waals surface area contributed by atoms with Crippen LogP contribution >= 0.6 is 0 Å². The van der Waals surface area contributed by atoms with Gasteiger partial charge in [-0.25, -0.2) is 4.98 Å². The largest absolute Gasteiger partial charge is 0.377 e. The summed E-state index contributed by atoms with van der Waals surface area (Å²) in [6.07, 6.45) is 1.81. The number of pyridine rings is 1. The minimum Gasteiger partial charge on any atom is -0.377 e. The van der Waals surface area contributed by atoms with E-state index in [1.807, 2.05) is 49.4 Å². The zero-order valence-electron chi connectivity index (χ0n) is 12.0. The third-order valence-corrected chi connectivity index (χ3v) is 3.23. The predicted molar refractivity (Wildman–Crippen MR) is 82.8 cm³/mol. The van der Waals surface area contributed by atoms with Crippen molar-refractivity contribution in [2.45, 2.75) is 19.9 Å². The van der Waals surface area contributed by atoms with Crippen LogP contribution in [0.15, 0.2) is 48.7 Å². The lowest BCUT2D eigenvalue weighted by Gasteiger charge is -2.15. The molecule has 0 saturated heterocycles. The van der Waals surface area contributed by atoms with E-state index in [9.17, 15) is 0 Å². The minimum absolute atomic E-state index is 0.135. The third kappa shape index (κ3) is 3.08. The first-order valence-electron chi connectivity index (χ1n) is 6.89. The van der Waals surface area contributed by atoms with Crippen LogP contribution in [0.5, 0.6) is 0 Å². The van der Waals surface area contributed by atoms with Gasteiger partial charge in [-0.3, -0.25) is 10.1 Å². The van der Waals surface area contributed by atoms with E-state index < -0.39 is 0 Å². The fraction of sp³-hybridized carbons (Fsp3) is 0.188. The molecule has 3 aromatic rings. The molecule has 2 heterocycles. The maximum absolute atomic E-state index is 4.37. The van der Waals surface area contributed by atoms with Crippen LogP contribution in [-0.2, 0) is 0 Å². The lowest BCUT2D eigenvalue weighted by molar-refractivity contribution is 0.839. The van der Waals surface area contributed by atoms with Crippen LogP contribution in [0.25, 0.3) is 11.4 Å². The highest BCUT2D eigenvalue weighted by Crippen LogP contribution is 2.22. The van der Waals surface area contributed by atoms with E-state index in [-0.39, 0.29) is 6.04 Å². The fourth-order valence-corrected chi connectivity index (χ4v) is 2.18. The van der Waals surface area contributed by atoms with Crippen molar-refractivity contribution in [1.82, 2.24) is 20.2 Å². The van der Waals surface area contributed by atoms with Gasteiger partial charge in [0.15, 0.2) is 5.82 Å². The maximum Gasteiger partial charge on any atom is 0.181 e. The lowest BCUT2D eigenvalue weighted by Crippen LogP contribution is -2.08. The number of aromatic amines is 1. The number of rotatable bonds is 4. The monoisotopic (exact) mass is 279 g/mol. The molecular weight excluding hydrogens is 262 g/mol. The molecule has 0 aliphatic heterocycles. The van der Waals surface area contributed by atoms with Gasteiger partial charge >= 0.3 is 0 Å². The molecule has 0 aliphatic carbocycles. The predicted octanol–water partition coefficient (Wildman–Crippen LogP) is 3.35.